The fourth-order valence-electron chi connectivity index (χ4n) is 1.52. The van der Waals surface area contributed by atoms with Gasteiger partial charge >= 0.3 is 0 Å². The van der Waals surface area contributed by atoms with Gasteiger partial charge in [0.25, 0.3) is 0 Å². The molecule has 0 saturated carbocycles. The summed E-state index contributed by atoms with van der Waals surface area (Å²) in [5, 5.41) is 5.60. The molecule has 0 radical (unpaired) electrons. The fraction of sp³-hybridized carbons (Fsp3) is 0.556. The van der Waals surface area contributed by atoms with Gasteiger partial charge in [0.2, 0.25) is 0 Å². The molecule has 0 aliphatic carbocycles. The maximum atomic E-state index is 3.35. The van der Waals surface area contributed by atoms with Crippen LogP contribution in [0.3, 0.4) is 0 Å². The standard InChI is InChI=1S/C9H14N2S/c1-8-6-9(7-12-8)11-4-2-10-3-5-11/h6-7,10H,2-5H2,1H3. The molecule has 0 bridgehead atoms. The molecule has 1 saturated heterocycles. The van der Waals surface area contributed by atoms with Crippen LogP contribution in [0.2, 0.25) is 0 Å². The molecule has 0 unspecified atom stereocenters. The lowest BCUT2D eigenvalue weighted by Gasteiger charge is -2.28. The Morgan fingerprint density at radius 3 is 2.75 bits per heavy atom. The molecule has 66 valence electrons. The number of rotatable bonds is 1. The molecular formula is C9H14N2S. The van der Waals surface area contributed by atoms with Gasteiger partial charge in [0.05, 0.1) is 0 Å². The number of piperazine rings is 1. The summed E-state index contributed by atoms with van der Waals surface area (Å²) >= 11 is 1.84. The summed E-state index contributed by atoms with van der Waals surface area (Å²) in [6, 6.07) is 2.27. The molecule has 2 heterocycles. The number of nitrogens with one attached hydrogen (secondary N) is 1. The Hall–Kier alpha value is -0.540. The normalized spacial score (nSPS) is 18.2. The Balaban J connectivity index is 2.08. The zero-order valence-corrected chi connectivity index (χ0v) is 8.16. The lowest BCUT2D eigenvalue weighted by atomic mass is 10.3. The van der Waals surface area contributed by atoms with Crippen LogP contribution in [0, 0.1) is 6.92 Å². The number of hydrogen-bond acceptors (Lipinski definition) is 3. The first kappa shape index (κ1) is 8.08. The van der Waals surface area contributed by atoms with Crippen molar-refractivity contribution in [3.8, 4) is 0 Å². The summed E-state index contributed by atoms with van der Waals surface area (Å²) in [6.45, 7) is 6.70. The van der Waals surface area contributed by atoms with Gasteiger partial charge in [-0.05, 0) is 13.0 Å². The molecule has 0 amide bonds. The molecular weight excluding hydrogens is 168 g/mol. The molecule has 0 atom stereocenters. The van der Waals surface area contributed by atoms with Crippen LogP contribution in [0.4, 0.5) is 5.69 Å². The number of hydrogen-bond donors (Lipinski definition) is 1. The van der Waals surface area contributed by atoms with E-state index in [4.69, 9.17) is 0 Å². The first-order chi connectivity index (χ1) is 5.86. The van der Waals surface area contributed by atoms with Crippen molar-refractivity contribution in [2.24, 2.45) is 0 Å². The second-order valence-electron chi connectivity index (χ2n) is 3.15. The molecule has 0 aromatic carbocycles. The second kappa shape index (κ2) is 3.46. The predicted molar refractivity (Wildman–Crippen MR) is 54.1 cm³/mol. The number of anilines is 1. The zero-order valence-electron chi connectivity index (χ0n) is 7.34. The minimum absolute atomic E-state index is 1.12. The average Bonchev–Trinajstić information content (AvgIpc) is 2.54. The van der Waals surface area contributed by atoms with E-state index in [2.05, 4.69) is 28.6 Å². The third kappa shape index (κ3) is 1.62. The zero-order chi connectivity index (χ0) is 8.39. The van der Waals surface area contributed by atoms with E-state index in [1.54, 1.807) is 0 Å². The van der Waals surface area contributed by atoms with Crippen molar-refractivity contribution in [3.05, 3.63) is 16.3 Å². The van der Waals surface area contributed by atoms with Gasteiger partial charge in [-0.1, -0.05) is 0 Å². The van der Waals surface area contributed by atoms with Gasteiger partial charge in [0, 0.05) is 42.1 Å². The monoisotopic (exact) mass is 182 g/mol. The summed E-state index contributed by atoms with van der Waals surface area (Å²) in [4.78, 5) is 3.85. The van der Waals surface area contributed by atoms with Crippen LogP contribution < -0.4 is 10.2 Å². The van der Waals surface area contributed by atoms with Crippen molar-refractivity contribution in [2.45, 2.75) is 6.92 Å². The maximum Gasteiger partial charge on any atom is 0.0478 e. The highest BCUT2D eigenvalue weighted by atomic mass is 32.1. The number of nitrogens with zero attached hydrogens (tertiary/aromatic N) is 1. The highest BCUT2D eigenvalue weighted by molar-refractivity contribution is 7.10. The summed E-state index contributed by atoms with van der Waals surface area (Å²) in [5.41, 5.74) is 1.40. The second-order valence-corrected chi connectivity index (χ2v) is 4.27. The van der Waals surface area contributed by atoms with Crippen LogP contribution in [-0.2, 0) is 0 Å². The maximum absolute atomic E-state index is 3.35. The van der Waals surface area contributed by atoms with E-state index < -0.39 is 0 Å². The van der Waals surface area contributed by atoms with Crippen LogP contribution >= 0.6 is 11.3 Å². The minimum Gasteiger partial charge on any atom is -0.368 e. The van der Waals surface area contributed by atoms with E-state index in [0.717, 1.165) is 26.2 Å². The van der Waals surface area contributed by atoms with Crippen molar-refractivity contribution in [2.75, 3.05) is 31.1 Å². The van der Waals surface area contributed by atoms with Crippen LogP contribution in [0.1, 0.15) is 4.88 Å². The molecule has 0 spiro atoms. The summed E-state index contributed by atoms with van der Waals surface area (Å²) < 4.78 is 0. The Morgan fingerprint density at radius 2 is 2.17 bits per heavy atom. The SMILES string of the molecule is Cc1cc(N2CCNCC2)cs1. The molecule has 2 rings (SSSR count). The largest absolute Gasteiger partial charge is 0.368 e. The molecule has 2 nitrogen and oxygen atoms in total. The van der Waals surface area contributed by atoms with Crippen molar-refractivity contribution >= 4 is 17.0 Å². The Kier molecular flexibility index (Phi) is 2.33. The van der Waals surface area contributed by atoms with Crippen molar-refractivity contribution in [1.82, 2.24) is 5.32 Å². The van der Waals surface area contributed by atoms with Crippen LogP contribution in [-0.4, -0.2) is 26.2 Å². The minimum atomic E-state index is 1.12. The van der Waals surface area contributed by atoms with Crippen LogP contribution in [0.5, 0.6) is 0 Å². The molecule has 1 aromatic heterocycles. The third-order valence-electron chi connectivity index (χ3n) is 2.20. The van der Waals surface area contributed by atoms with E-state index in [9.17, 15) is 0 Å². The van der Waals surface area contributed by atoms with E-state index >= 15 is 0 Å². The van der Waals surface area contributed by atoms with Gasteiger partial charge in [-0.2, -0.15) is 0 Å². The van der Waals surface area contributed by atoms with Crippen molar-refractivity contribution in [1.29, 1.82) is 0 Å². The Labute approximate surface area is 77.2 Å². The van der Waals surface area contributed by atoms with Gasteiger partial charge in [0.15, 0.2) is 0 Å². The van der Waals surface area contributed by atoms with Gasteiger partial charge in [-0.3, -0.25) is 0 Å². The Bertz CT molecular complexity index is 251. The third-order valence-corrected chi connectivity index (χ3v) is 3.05. The van der Waals surface area contributed by atoms with Crippen molar-refractivity contribution in [3.63, 3.8) is 0 Å². The van der Waals surface area contributed by atoms with E-state index in [1.807, 2.05) is 11.3 Å². The summed E-state index contributed by atoms with van der Waals surface area (Å²) in [5.74, 6) is 0. The van der Waals surface area contributed by atoms with Crippen LogP contribution in [0.25, 0.3) is 0 Å². The molecule has 1 fully saturated rings. The quantitative estimate of drug-likeness (QED) is 0.707. The predicted octanol–water partition coefficient (Wildman–Crippen LogP) is 1.47. The van der Waals surface area contributed by atoms with Gasteiger partial charge in [0.1, 0.15) is 0 Å². The van der Waals surface area contributed by atoms with Gasteiger partial charge in [-0.25, -0.2) is 0 Å². The van der Waals surface area contributed by atoms with Crippen molar-refractivity contribution < 1.29 is 0 Å². The summed E-state index contributed by atoms with van der Waals surface area (Å²) in [7, 11) is 0. The number of aryl methyl sites for hydroxylation is 1. The topological polar surface area (TPSA) is 15.3 Å². The molecule has 1 N–H and O–H groups in total. The molecule has 1 aliphatic heterocycles. The first-order valence-corrected chi connectivity index (χ1v) is 5.25. The Morgan fingerprint density at radius 1 is 1.42 bits per heavy atom. The lowest BCUT2D eigenvalue weighted by Crippen LogP contribution is -2.43. The van der Waals surface area contributed by atoms with E-state index in [1.165, 1.54) is 10.6 Å². The average molecular weight is 182 g/mol. The van der Waals surface area contributed by atoms with E-state index in [0.29, 0.717) is 0 Å². The smallest absolute Gasteiger partial charge is 0.0478 e. The highest BCUT2D eigenvalue weighted by Crippen LogP contribution is 2.22. The number of thiophene rings is 1. The molecule has 1 aromatic rings. The van der Waals surface area contributed by atoms with Gasteiger partial charge in [-0.15, -0.1) is 11.3 Å². The molecule has 12 heavy (non-hydrogen) atoms. The first-order valence-electron chi connectivity index (χ1n) is 4.37. The van der Waals surface area contributed by atoms with Gasteiger partial charge < -0.3 is 10.2 Å². The summed E-state index contributed by atoms with van der Waals surface area (Å²) in [6.07, 6.45) is 0. The molecule has 1 aliphatic rings. The highest BCUT2D eigenvalue weighted by Gasteiger charge is 2.10. The fourth-order valence-corrected chi connectivity index (χ4v) is 2.23. The lowest BCUT2D eigenvalue weighted by molar-refractivity contribution is 0.590. The van der Waals surface area contributed by atoms with E-state index in [-0.39, 0.29) is 0 Å². The van der Waals surface area contributed by atoms with Crippen LogP contribution in [0.15, 0.2) is 11.4 Å². The molecule has 3 heteroatoms.